The van der Waals surface area contributed by atoms with Crippen LogP contribution in [0.5, 0.6) is 0 Å². The Hall–Kier alpha value is -3.99. The standard InChI is InChI=1S/C30H32F3N5O3/c1-18-6-3-9-21(16-18)28-37-26-24(38(28)17-19-11-13-22(14-12-19)30(31,32)33)25(35-27(36-26)29(40)41-2)34-23(10-5-15-39)20-7-4-8-20/h3,6,9,11-14,16,20,23,39H,4-5,7-8,10,15,17H2,1-2H3,(H,34,35,36)/t23-/m1/s1. The Morgan fingerprint density at radius 3 is 2.51 bits per heavy atom. The molecule has 0 saturated heterocycles. The van der Waals surface area contributed by atoms with Gasteiger partial charge in [-0.2, -0.15) is 13.2 Å². The Morgan fingerprint density at radius 2 is 1.90 bits per heavy atom. The quantitative estimate of drug-likeness (QED) is 0.226. The van der Waals surface area contributed by atoms with Crippen LogP contribution in [0.1, 0.15) is 59.4 Å². The van der Waals surface area contributed by atoms with Gasteiger partial charge in [-0.25, -0.2) is 19.7 Å². The largest absolute Gasteiger partial charge is 0.463 e. The number of nitrogens with zero attached hydrogens (tertiary/aromatic N) is 4. The van der Waals surface area contributed by atoms with E-state index in [1.807, 2.05) is 35.8 Å². The molecule has 2 aromatic heterocycles. The average Bonchev–Trinajstić information content (AvgIpc) is 3.28. The number of alkyl halides is 3. The molecule has 2 aromatic carbocycles. The van der Waals surface area contributed by atoms with E-state index in [-0.39, 0.29) is 30.7 Å². The van der Waals surface area contributed by atoms with Crippen molar-refractivity contribution in [3.8, 4) is 11.4 Å². The van der Waals surface area contributed by atoms with Gasteiger partial charge in [-0.1, -0.05) is 42.3 Å². The summed E-state index contributed by atoms with van der Waals surface area (Å²) in [5.41, 5.74) is 2.49. The van der Waals surface area contributed by atoms with Gasteiger partial charge in [0.2, 0.25) is 5.82 Å². The number of imidazole rings is 1. The van der Waals surface area contributed by atoms with Crippen LogP contribution in [-0.4, -0.2) is 50.4 Å². The molecule has 0 aliphatic heterocycles. The number of nitrogens with one attached hydrogen (secondary N) is 1. The van der Waals surface area contributed by atoms with Crippen molar-refractivity contribution in [1.29, 1.82) is 0 Å². The molecule has 0 amide bonds. The zero-order chi connectivity index (χ0) is 29.1. The minimum absolute atomic E-state index is 0.00339. The predicted octanol–water partition coefficient (Wildman–Crippen LogP) is 6.01. The minimum Gasteiger partial charge on any atom is -0.463 e. The number of aliphatic hydroxyl groups is 1. The van der Waals surface area contributed by atoms with Gasteiger partial charge in [-0.3, -0.25) is 0 Å². The van der Waals surface area contributed by atoms with E-state index < -0.39 is 17.7 Å². The predicted molar refractivity (Wildman–Crippen MR) is 148 cm³/mol. The number of methoxy groups -OCH3 is 1. The highest BCUT2D eigenvalue weighted by Gasteiger charge is 2.31. The van der Waals surface area contributed by atoms with E-state index in [9.17, 15) is 23.1 Å². The zero-order valence-corrected chi connectivity index (χ0v) is 22.9. The maximum Gasteiger partial charge on any atom is 0.416 e. The van der Waals surface area contributed by atoms with Crippen molar-refractivity contribution in [2.45, 2.75) is 57.8 Å². The topological polar surface area (TPSA) is 102 Å². The molecule has 5 rings (SSSR count). The molecule has 0 spiro atoms. The number of carbonyl (C=O) groups excluding carboxylic acids is 1. The lowest BCUT2D eigenvalue weighted by Gasteiger charge is -2.35. The molecule has 11 heteroatoms. The second-order valence-corrected chi connectivity index (χ2v) is 10.5. The second kappa shape index (κ2) is 11.9. The molecule has 0 radical (unpaired) electrons. The molecule has 2 heterocycles. The van der Waals surface area contributed by atoms with Crippen molar-refractivity contribution in [3.63, 3.8) is 0 Å². The number of aromatic nitrogens is 4. The van der Waals surface area contributed by atoms with Crippen LogP contribution in [0.4, 0.5) is 19.0 Å². The van der Waals surface area contributed by atoms with Gasteiger partial charge in [-0.05, 0) is 62.3 Å². The summed E-state index contributed by atoms with van der Waals surface area (Å²) >= 11 is 0. The first-order valence-electron chi connectivity index (χ1n) is 13.6. The van der Waals surface area contributed by atoms with Crippen LogP contribution in [0.2, 0.25) is 0 Å². The highest BCUT2D eigenvalue weighted by Crippen LogP contribution is 2.36. The van der Waals surface area contributed by atoms with Crippen molar-refractivity contribution >= 4 is 23.0 Å². The Kier molecular flexibility index (Phi) is 8.25. The number of hydrogen-bond donors (Lipinski definition) is 2. The summed E-state index contributed by atoms with van der Waals surface area (Å²) in [6, 6.07) is 12.7. The monoisotopic (exact) mass is 567 g/mol. The summed E-state index contributed by atoms with van der Waals surface area (Å²) in [4.78, 5) is 26.3. The summed E-state index contributed by atoms with van der Waals surface area (Å²) in [6.45, 7) is 2.21. The van der Waals surface area contributed by atoms with E-state index >= 15 is 0 Å². The Balaban J connectivity index is 1.68. The maximum absolute atomic E-state index is 13.2. The molecule has 1 aliphatic rings. The first kappa shape index (κ1) is 28.5. The number of esters is 1. The van der Waals surface area contributed by atoms with Crippen LogP contribution < -0.4 is 5.32 Å². The molecule has 216 valence electrons. The molecule has 1 aliphatic carbocycles. The van der Waals surface area contributed by atoms with Crippen molar-refractivity contribution < 1.29 is 27.8 Å². The molecular formula is C30H32F3N5O3. The van der Waals surface area contributed by atoms with Crippen LogP contribution in [0.15, 0.2) is 48.5 Å². The summed E-state index contributed by atoms with van der Waals surface area (Å²) in [7, 11) is 1.25. The molecule has 1 atom stereocenters. The molecule has 4 aromatic rings. The fourth-order valence-corrected chi connectivity index (χ4v) is 5.21. The summed E-state index contributed by atoms with van der Waals surface area (Å²) < 4.78 is 46.5. The van der Waals surface area contributed by atoms with Crippen LogP contribution >= 0.6 is 0 Å². The lowest BCUT2D eigenvalue weighted by atomic mass is 9.78. The van der Waals surface area contributed by atoms with Crippen molar-refractivity contribution in [2.75, 3.05) is 19.0 Å². The number of anilines is 1. The van der Waals surface area contributed by atoms with Gasteiger partial charge in [0.05, 0.1) is 12.7 Å². The van der Waals surface area contributed by atoms with Crippen molar-refractivity contribution in [3.05, 3.63) is 71.0 Å². The van der Waals surface area contributed by atoms with Crippen LogP contribution in [0.3, 0.4) is 0 Å². The third-order valence-electron chi connectivity index (χ3n) is 7.58. The fourth-order valence-electron chi connectivity index (χ4n) is 5.21. The second-order valence-electron chi connectivity index (χ2n) is 10.5. The first-order chi connectivity index (χ1) is 19.7. The van der Waals surface area contributed by atoms with Gasteiger partial charge >= 0.3 is 12.1 Å². The van der Waals surface area contributed by atoms with Gasteiger partial charge in [0.25, 0.3) is 0 Å². The molecular weight excluding hydrogens is 535 g/mol. The van der Waals surface area contributed by atoms with Crippen molar-refractivity contribution in [2.24, 2.45) is 5.92 Å². The number of carbonyl (C=O) groups is 1. The summed E-state index contributed by atoms with van der Waals surface area (Å²) in [6.07, 6.45) is 0.0793. The third kappa shape index (κ3) is 6.19. The summed E-state index contributed by atoms with van der Waals surface area (Å²) in [5.74, 6) is 0.463. The third-order valence-corrected chi connectivity index (χ3v) is 7.58. The van der Waals surface area contributed by atoms with E-state index in [1.165, 1.54) is 19.2 Å². The fraction of sp³-hybridized carbons (Fsp3) is 0.400. The highest BCUT2D eigenvalue weighted by molar-refractivity contribution is 5.93. The lowest BCUT2D eigenvalue weighted by Crippen LogP contribution is -2.34. The van der Waals surface area contributed by atoms with Crippen LogP contribution in [0.25, 0.3) is 22.6 Å². The Labute approximate surface area is 235 Å². The number of aliphatic hydroxyl groups excluding tert-OH is 1. The van der Waals surface area contributed by atoms with Crippen molar-refractivity contribution in [1.82, 2.24) is 19.5 Å². The Morgan fingerprint density at radius 1 is 1.15 bits per heavy atom. The number of benzene rings is 2. The number of fused-ring (bicyclic) bond motifs is 1. The van der Waals surface area contributed by atoms with Gasteiger partial charge in [-0.15, -0.1) is 0 Å². The van der Waals surface area contributed by atoms with Gasteiger partial charge in [0.15, 0.2) is 11.5 Å². The SMILES string of the molecule is COC(=O)c1nc(N[C@H](CCCO)C2CCC2)c2c(n1)nc(-c1cccc(C)c1)n2Cc1ccc(C(F)(F)F)cc1. The number of aryl methyl sites for hydroxylation is 1. The van der Waals surface area contributed by atoms with E-state index in [2.05, 4.69) is 15.3 Å². The van der Waals surface area contributed by atoms with Gasteiger partial charge in [0, 0.05) is 24.8 Å². The minimum atomic E-state index is -4.44. The average molecular weight is 568 g/mol. The zero-order valence-electron chi connectivity index (χ0n) is 22.9. The number of hydrogen-bond acceptors (Lipinski definition) is 7. The van der Waals surface area contributed by atoms with Crippen LogP contribution in [-0.2, 0) is 17.5 Å². The molecule has 2 N–H and O–H groups in total. The lowest BCUT2D eigenvalue weighted by molar-refractivity contribution is -0.137. The number of ether oxygens (including phenoxy) is 1. The van der Waals surface area contributed by atoms with Gasteiger partial charge in [0.1, 0.15) is 11.3 Å². The van der Waals surface area contributed by atoms with Crippen LogP contribution in [0, 0.1) is 12.8 Å². The molecule has 41 heavy (non-hydrogen) atoms. The first-order valence-corrected chi connectivity index (χ1v) is 13.6. The van der Waals surface area contributed by atoms with E-state index in [0.29, 0.717) is 41.5 Å². The van der Waals surface area contributed by atoms with E-state index in [4.69, 9.17) is 9.72 Å². The molecule has 0 bridgehead atoms. The molecule has 1 fully saturated rings. The number of halogens is 3. The normalized spacial score (nSPS) is 14.6. The highest BCUT2D eigenvalue weighted by atomic mass is 19.4. The molecule has 0 unspecified atom stereocenters. The number of rotatable bonds is 10. The Bertz CT molecular complexity index is 1530. The van der Waals surface area contributed by atoms with E-state index in [1.54, 1.807) is 0 Å². The molecule has 1 saturated carbocycles. The molecule has 8 nitrogen and oxygen atoms in total. The van der Waals surface area contributed by atoms with E-state index in [0.717, 1.165) is 42.5 Å². The smallest absolute Gasteiger partial charge is 0.416 e. The maximum atomic E-state index is 13.2. The summed E-state index contributed by atoms with van der Waals surface area (Å²) in [5, 5.41) is 13.0. The van der Waals surface area contributed by atoms with Gasteiger partial charge < -0.3 is 19.7 Å².